The quantitative estimate of drug-likeness (QED) is 0.351. The molecule has 0 radical (unpaired) electrons. The van der Waals surface area contributed by atoms with Crippen molar-refractivity contribution in [3.05, 3.63) is 66.0 Å². The van der Waals surface area contributed by atoms with Crippen molar-refractivity contribution < 1.29 is 18.0 Å². The largest absolute Gasteiger partial charge is 0.416 e. The van der Waals surface area contributed by atoms with Gasteiger partial charge >= 0.3 is 6.18 Å². The summed E-state index contributed by atoms with van der Waals surface area (Å²) in [6.45, 7) is 4.25. The molecule has 0 bridgehead atoms. The summed E-state index contributed by atoms with van der Waals surface area (Å²) in [6, 6.07) is 12.1. The Labute approximate surface area is 193 Å². The SMILES string of the molecule is CCNc1nc(Nc2ccc(NC(C)=O)cc2)c2ncn(Cc3ccc(C(F)(F)F)cc3)c2n1. The van der Waals surface area contributed by atoms with E-state index in [1.54, 1.807) is 35.2 Å². The molecule has 0 unspecified atom stereocenters. The number of nitrogens with one attached hydrogen (secondary N) is 3. The van der Waals surface area contributed by atoms with E-state index in [1.165, 1.54) is 19.1 Å². The second-order valence-corrected chi connectivity index (χ2v) is 7.55. The number of rotatable bonds is 7. The van der Waals surface area contributed by atoms with Gasteiger partial charge in [-0.15, -0.1) is 0 Å². The average Bonchev–Trinajstić information content (AvgIpc) is 3.18. The lowest BCUT2D eigenvalue weighted by Gasteiger charge is -2.11. The minimum Gasteiger partial charge on any atom is -0.354 e. The van der Waals surface area contributed by atoms with Crippen LogP contribution in [0.2, 0.25) is 0 Å². The van der Waals surface area contributed by atoms with E-state index in [0.717, 1.165) is 17.8 Å². The fourth-order valence-electron chi connectivity index (χ4n) is 3.36. The van der Waals surface area contributed by atoms with Gasteiger partial charge < -0.3 is 20.5 Å². The van der Waals surface area contributed by atoms with Crippen molar-refractivity contribution >= 4 is 40.2 Å². The molecular weight excluding hydrogens is 447 g/mol. The predicted molar refractivity (Wildman–Crippen MR) is 124 cm³/mol. The van der Waals surface area contributed by atoms with Crippen LogP contribution in [0.3, 0.4) is 0 Å². The van der Waals surface area contributed by atoms with Crippen LogP contribution in [0.4, 0.5) is 36.3 Å². The third kappa shape index (κ3) is 5.25. The molecule has 2 aromatic carbocycles. The van der Waals surface area contributed by atoms with E-state index in [0.29, 0.717) is 47.3 Å². The Kier molecular flexibility index (Phi) is 6.35. The molecule has 0 fully saturated rings. The summed E-state index contributed by atoms with van der Waals surface area (Å²) in [6.07, 6.45) is -2.80. The molecule has 176 valence electrons. The highest BCUT2D eigenvalue weighted by atomic mass is 19.4. The van der Waals surface area contributed by atoms with Crippen LogP contribution < -0.4 is 16.0 Å². The monoisotopic (exact) mass is 469 g/mol. The molecule has 4 aromatic rings. The van der Waals surface area contributed by atoms with Crippen molar-refractivity contribution in [3.8, 4) is 0 Å². The van der Waals surface area contributed by atoms with Crippen LogP contribution >= 0.6 is 0 Å². The fraction of sp³-hybridized carbons (Fsp3) is 0.217. The highest BCUT2D eigenvalue weighted by Gasteiger charge is 2.30. The van der Waals surface area contributed by atoms with E-state index >= 15 is 0 Å². The Balaban J connectivity index is 1.64. The van der Waals surface area contributed by atoms with Crippen LogP contribution in [0.1, 0.15) is 25.0 Å². The minimum absolute atomic E-state index is 0.160. The smallest absolute Gasteiger partial charge is 0.354 e. The molecule has 1 amide bonds. The van der Waals surface area contributed by atoms with Gasteiger partial charge in [0, 0.05) is 24.8 Å². The number of aromatic nitrogens is 4. The van der Waals surface area contributed by atoms with E-state index in [-0.39, 0.29) is 5.91 Å². The van der Waals surface area contributed by atoms with Crippen LogP contribution in [0, 0.1) is 0 Å². The maximum absolute atomic E-state index is 12.9. The maximum Gasteiger partial charge on any atom is 0.416 e. The number of anilines is 4. The van der Waals surface area contributed by atoms with E-state index in [4.69, 9.17) is 0 Å². The van der Waals surface area contributed by atoms with Crippen molar-refractivity contribution in [2.45, 2.75) is 26.6 Å². The number of halogens is 3. The summed E-state index contributed by atoms with van der Waals surface area (Å²) >= 11 is 0. The maximum atomic E-state index is 12.9. The number of imidazole rings is 1. The summed E-state index contributed by atoms with van der Waals surface area (Å²) in [4.78, 5) is 24.7. The Morgan fingerprint density at radius 3 is 2.29 bits per heavy atom. The van der Waals surface area contributed by atoms with Crippen molar-refractivity contribution in [1.82, 2.24) is 19.5 Å². The molecule has 4 rings (SSSR count). The second kappa shape index (κ2) is 9.38. The van der Waals surface area contributed by atoms with Crippen LogP contribution in [0.5, 0.6) is 0 Å². The molecule has 0 aliphatic heterocycles. The van der Waals surface area contributed by atoms with Crippen LogP contribution in [0.15, 0.2) is 54.9 Å². The summed E-state index contributed by atoms with van der Waals surface area (Å²) in [5.74, 6) is 0.702. The fourth-order valence-corrected chi connectivity index (χ4v) is 3.36. The molecular formula is C23H22F3N7O. The number of amides is 1. The molecule has 0 saturated heterocycles. The third-order valence-electron chi connectivity index (χ3n) is 4.90. The molecule has 0 atom stereocenters. The highest BCUT2D eigenvalue weighted by Crippen LogP contribution is 2.30. The number of hydrogen-bond acceptors (Lipinski definition) is 6. The summed E-state index contributed by atoms with van der Waals surface area (Å²) < 4.78 is 40.3. The molecule has 8 nitrogen and oxygen atoms in total. The van der Waals surface area contributed by atoms with E-state index < -0.39 is 11.7 Å². The van der Waals surface area contributed by atoms with E-state index in [1.807, 2.05) is 6.92 Å². The van der Waals surface area contributed by atoms with Crippen molar-refractivity contribution in [2.75, 3.05) is 22.5 Å². The van der Waals surface area contributed by atoms with Crippen LogP contribution in [-0.4, -0.2) is 32.0 Å². The standard InChI is InChI=1S/C23H22F3N7O/c1-3-27-22-31-20(30-18-10-8-17(9-11-18)29-14(2)34)19-21(32-22)33(13-28-19)12-15-4-6-16(7-5-15)23(24,25)26/h4-11,13H,3,12H2,1-2H3,(H,29,34)(H2,27,30,31,32). The number of carbonyl (C=O) groups excluding carboxylic acids is 1. The Bertz CT molecular complexity index is 1300. The highest BCUT2D eigenvalue weighted by molar-refractivity contribution is 5.89. The Morgan fingerprint density at radius 2 is 1.68 bits per heavy atom. The molecule has 2 heterocycles. The first-order valence-corrected chi connectivity index (χ1v) is 10.5. The van der Waals surface area contributed by atoms with Gasteiger partial charge in [0.25, 0.3) is 0 Å². The Hall–Kier alpha value is -4.15. The molecule has 3 N–H and O–H groups in total. The number of benzene rings is 2. The van der Waals surface area contributed by atoms with Gasteiger partial charge in [-0.05, 0) is 48.9 Å². The molecule has 0 saturated carbocycles. The van der Waals surface area contributed by atoms with Gasteiger partial charge in [-0.3, -0.25) is 4.79 Å². The summed E-state index contributed by atoms with van der Waals surface area (Å²) in [5.41, 5.74) is 2.43. The number of nitrogens with zero attached hydrogens (tertiary/aromatic N) is 4. The molecule has 0 spiro atoms. The summed E-state index contributed by atoms with van der Waals surface area (Å²) in [7, 11) is 0. The van der Waals surface area contributed by atoms with Crippen molar-refractivity contribution in [2.24, 2.45) is 0 Å². The molecule has 0 aliphatic carbocycles. The average molecular weight is 469 g/mol. The predicted octanol–water partition coefficient (Wildman–Crippen LogP) is 5.03. The normalized spacial score (nSPS) is 11.4. The van der Waals surface area contributed by atoms with Gasteiger partial charge in [-0.2, -0.15) is 23.1 Å². The molecule has 0 aliphatic rings. The van der Waals surface area contributed by atoms with Crippen molar-refractivity contribution in [1.29, 1.82) is 0 Å². The number of alkyl halides is 3. The number of hydrogen-bond donors (Lipinski definition) is 3. The van der Waals surface area contributed by atoms with Gasteiger partial charge in [-0.25, -0.2) is 4.98 Å². The first kappa shape index (κ1) is 23.0. The zero-order chi connectivity index (χ0) is 24.3. The number of fused-ring (bicyclic) bond motifs is 1. The lowest BCUT2D eigenvalue weighted by molar-refractivity contribution is -0.137. The molecule has 2 aromatic heterocycles. The summed E-state index contributed by atoms with van der Waals surface area (Å²) in [5, 5.41) is 9.02. The topological polar surface area (TPSA) is 96.8 Å². The van der Waals surface area contributed by atoms with Gasteiger partial charge in [0.2, 0.25) is 11.9 Å². The Morgan fingerprint density at radius 1 is 1.00 bits per heavy atom. The third-order valence-corrected chi connectivity index (χ3v) is 4.90. The lowest BCUT2D eigenvalue weighted by Crippen LogP contribution is -2.08. The van der Waals surface area contributed by atoms with Crippen molar-refractivity contribution in [3.63, 3.8) is 0 Å². The zero-order valence-corrected chi connectivity index (χ0v) is 18.4. The first-order valence-electron chi connectivity index (χ1n) is 10.5. The zero-order valence-electron chi connectivity index (χ0n) is 18.4. The van der Waals surface area contributed by atoms with E-state index in [2.05, 4.69) is 30.9 Å². The van der Waals surface area contributed by atoms with Gasteiger partial charge in [0.05, 0.1) is 18.4 Å². The van der Waals surface area contributed by atoms with Crippen LogP contribution in [-0.2, 0) is 17.5 Å². The van der Waals surface area contributed by atoms with E-state index in [9.17, 15) is 18.0 Å². The first-order chi connectivity index (χ1) is 16.2. The number of carbonyl (C=O) groups is 1. The molecule has 11 heteroatoms. The van der Waals surface area contributed by atoms with Gasteiger partial charge in [0.15, 0.2) is 17.0 Å². The second-order valence-electron chi connectivity index (χ2n) is 7.55. The van der Waals surface area contributed by atoms with Gasteiger partial charge in [-0.1, -0.05) is 12.1 Å². The molecule has 34 heavy (non-hydrogen) atoms. The minimum atomic E-state index is -4.38. The lowest BCUT2D eigenvalue weighted by atomic mass is 10.1. The van der Waals surface area contributed by atoms with Gasteiger partial charge in [0.1, 0.15) is 0 Å². The van der Waals surface area contributed by atoms with Crippen LogP contribution in [0.25, 0.3) is 11.2 Å².